The second-order valence-corrected chi connectivity index (χ2v) is 6.46. The number of aromatic hydroxyl groups is 1. The van der Waals surface area contributed by atoms with Gasteiger partial charge in [-0.1, -0.05) is 36.4 Å². The highest BCUT2D eigenvalue weighted by Gasteiger charge is 2.25. The van der Waals surface area contributed by atoms with Gasteiger partial charge in [0, 0.05) is 11.1 Å². The van der Waals surface area contributed by atoms with Gasteiger partial charge in [-0.05, 0) is 60.0 Å². The smallest absolute Gasteiger partial charge is 0.149 e. The Kier molecular flexibility index (Phi) is 4.13. The molecule has 0 aliphatic carbocycles. The van der Waals surface area contributed by atoms with Gasteiger partial charge in [0.25, 0.3) is 0 Å². The maximum absolute atomic E-state index is 9.62. The van der Waals surface area contributed by atoms with Gasteiger partial charge in [0.1, 0.15) is 23.4 Å². The minimum absolute atomic E-state index is 0.238. The van der Waals surface area contributed by atoms with Gasteiger partial charge in [0.15, 0.2) is 0 Å². The Morgan fingerprint density at radius 2 is 1.65 bits per heavy atom. The highest BCUT2D eigenvalue weighted by atomic mass is 16.5. The average Bonchev–Trinajstić information content (AvgIpc) is 2.67. The number of benzene rings is 3. The van der Waals surface area contributed by atoms with Crippen LogP contribution >= 0.6 is 0 Å². The molecule has 3 aromatic rings. The van der Waals surface area contributed by atoms with E-state index in [1.54, 1.807) is 19.2 Å². The van der Waals surface area contributed by atoms with E-state index in [1.807, 2.05) is 36.4 Å². The van der Waals surface area contributed by atoms with Crippen LogP contribution in [-0.2, 0) is 0 Å². The number of hydrogen-bond acceptors (Lipinski definition) is 3. The lowest BCUT2D eigenvalue weighted by molar-refractivity contribution is 0.261. The third-order valence-electron chi connectivity index (χ3n) is 4.63. The van der Waals surface area contributed by atoms with E-state index in [1.165, 1.54) is 0 Å². The Bertz CT molecular complexity index is 954. The van der Waals surface area contributed by atoms with E-state index in [0.717, 1.165) is 39.3 Å². The second-order valence-electron chi connectivity index (χ2n) is 6.46. The van der Waals surface area contributed by atoms with Crippen LogP contribution < -0.4 is 9.47 Å². The van der Waals surface area contributed by atoms with Gasteiger partial charge in [-0.15, -0.1) is 0 Å². The normalized spacial score (nSPS) is 15.6. The van der Waals surface area contributed by atoms with Crippen LogP contribution in [0.4, 0.5) is 0 Å². The van der Waals surface area contributed by atoms with Crippen molar-refractivity contribution in [2.75, 3.05) is 7.11 Å². The third-order valence-corrected chi connectivity index (χ3v) is 4.63. The Morgan fingerprint density at radius 3 is 2.35 bits per heavy atom. The molecule has 0 spiro atoms. The van der Waals surface area contributed by atoms with Crippen molar-refractivity contribution in [3.63, 3.8) is 0 Å². The van der Waals surface area contributed by atoms with Crippen LogP contribution in [0.15, 0.2) is 66.7 Å². The van der Waals surface area contributed by atoms with Gasteiger partial charge in [-0.25, -0.2) is 0 Å². The molecule has 26 heavy (non-hydrogen) atoms. The van der Waals surface area contributed by atoms with Crippen LogP contribution in [0, 0.1) is 6.92 Å². The summed E-state index contributed by atoms with van der Waals surface area (Å²) < 4.78 is 11.7. The number of hydrogen-bond donors (Lipinski definition) is 1. The molecule has 1 heterocycles. The summed E-state index contributed by atoms with van der Waals surface area (Å²) in [5.74, 6) is 1.94. The van der Waals surface area contributed by atoms with Crippen LogP contribution in [-0.4, -0.2) is 12.2 Å². The van der Waals surface area contributed by atoms with Crippen molar-refractivity contribution in [1.82, 2.24) is 0 Å². The molecule has 1 aliphatic heterocycles. The third kappa shape index (κ3) is 3.04. The van der Waals surface area contributed by atoms with E-state index < -0.39 is 0 Å². The molecular formula is C23H20O3. The first-order valence-corrected chi connectivity index (χ1v) is 8.56. The number of ether oxygens (including phenoxy) is 2. The van der Waals surface area contributed by atoms with Crippen LogP contribution in [0.2, 0.25) is 0 Å². The molecule has 130 valence electrons. The fourth-order valence-electron chi connectivity index (χ4n) is 3.21. The Hall–Kier alpha value is -3.20. The average molecular weight is 344 g/mol. The van der Waals surface area contributed by atoms with E-state index in [9.17, 15) is 5.11 Å². The standard InChI is InChI=1S/C23H20O3/c1-15-3-4-18-14-21(16-7-11-20(25-2)12-8-16)23(26-22(18)13-15)17-5-9-19(24)10-6-17/h3-14,23-24H,1-2H3. The van der Waals surface area contributed by atoms with Crippen LogP contribution in [0.3, 0.4) is 0 Å². The first-order chi connectivity index (χ1) is 12.6. The molecule has 4 rings (SSSR count). The maximum Gasteiger partial charge on any atom is 0.149 e. The van der Waals surface area contributed by atoms with Gasteiger partial charge in [0.05, 0.1) is 7.11 Å². The summed E-state index contributed by atoms with van der Waals surface area (Å²) in [5, 5.41) is 9.62. The molecule has 1 atom stereocenters. The molecule has 3 nitrogen and oxygen atoms in total. The zero-order valence-electron chi connectivity index (χ0n) is 14.8. The molecule has 0 bridgehead atoms. The number of phenols is 1. The largest absolute Gasteiger partial charge is 0.508 e. The maximum atomic E-state index is 9.62. The Balaban J connectivity index is 1.83. The number of rotatable bonds is 3. The summed E-state index contributed by atoms with van der Waals surface area (Å²) in [5.41, 5.74) is 5.38. The minimum Gasteiger partial charge on any atom is -0.508 e. The van der Waals surface area contributed by atoms with E-state index in [0.29, 0.717) is 0 Å². The monoisotopic (exact) mass is 344 g/mol. The molecule has 0 fully saturated rings. The van der Waals surface area contributed by atoms with Gasteiger partial charge in [-0.3, -0.25) is 0 Å². The molecule has 0 amide bonds. The molecule has 1 unspecified atom stereocenters. The quantitative estimate of drug-likeness (QED) is 0.693. The van der Waals surface area contributed by atoms with Crippen LogP contribution in [0.5, 0.6) is 17.2 Å². The fourth-order valence-corrected chi connectivity index (χ4v) is 3.21. The van der Waals surface area contributed by atoms with Crippen LogP contribution in [0.25, 0.3) is 11.6 Å². The highest BCUT2D eigenvalue weighted by Crippen LogP contribution is 2.42. The summed E-state index contributed by atoms with van der Waals surface area (Å²) in [6.45, 7) is 2.06. The fraction of sp³-hybridized carbons (Fsp3) is 0.130. The summed E-state index contributed by atoms with van der Waals surface area (Å²) in [7, 11) is 1.66. The van der Waals surface area contributed by atoms with E-state index in [4.69, 9.17) is 9.47 Å². The van der Waals surface area contributed by atoms with Crippen molar-refractivity contribution in [3.05, 3.63) is 89.0 Å². The summed E-state index contributed by atoms with van der Waals surface area (Å²) in [4.78, 5) is 0. The Labute approximate surface area is 153 Å². The number of aryl methyl sites for hydroxylation is 1. The topological polar surface area (TPSA) is 38.7 Å². The zero-order chi connectivity index (χ0) is 18.1. The van der Waals surface area contributed by atoms with Crippen molar-refractivity contribution in [2.24, 2.45) is 0 Å². The van der Waals surface area contributed by atoms with Crippen LogP contribution in [0.1, 0.15) is 28.4 Å². The van der Waals surface area contributed by atoms with Crippen molar-refractivity contribution >= 4 is 11.6 Å². The van der Waals surface area contributed by atoms with Crippen molar-refractivity contribution in [2.45, 2.75) is 13.0 Å². The summed E-state index contributed by atoms with van der Waals surface area (Å²) in [6.07, 6.45) is 1.94. The van der Waals surface area contributed by atoms with Gasteiger partial charge in [0.2, 0.25) is 0 Å². The van der Waals surface area contributed by atoms with Crippen molar-refractivity contribution < 1.29 is 14.6 Å². The molecular weight excluding hydrogens is 324 g/mol. The lowest BCUT2D eigenvalue weighted by atomic mass is 9.90. The van der Waals surface area contributed by atoms with Gasteiger partial charge < -0.3 is 14.6 Å². The molecule has 3 aromatic carbocycles. The van der Waals surface area contributed by atoms with E-state index in [2.05, 4.69) is 31.2 Å². The zero-order valence-corrected chi connectivity index (χ0v) is 14.8. The molecule has 0 saturated heterocycles. The number of methoxy groups -OCH3 is 1. The predicted molar refractivity (Wildman–Crippen MR) is 104 cm³/mol. The lowest BCUT2D eigenvalue weighted by Crippen LogP contribution is -2.14. The Morgan fingerprint density at radius 1 is 0.923 bits per heavy atom. The van der Waals surface area contributed by atoms with Crippen molar-refractivity contribution in [3.8, 4) is 17.2 Å². The molecule has 0 radical (unpaired) electrons. The molecule has 0 saturated carbocycles. The second kappa shape index (κ2) is 6.60. The number of phenolic OH excluding ortho intramolecular Hbond substituents is 1. The van der Waals surface area contributed by atoms with E-state index in [-0.39, 0.29) is 11.9 Å². The lowest BCUT2D eigenvalue weighted by Gasteiger charge is -2.28. The number of fused-ring (bicyclic) bond motifs is 1. The van der Waals surface area contributed by atoms with E-state index >= 15 is 0 Å². The predicted octanol–water partition coefficient (Wildman–Crippen LogP) is 5.38. The molecule has 3 heteroatoms. The molecule has 1 aliphatic rings. The highest BCUT2D eigenvalue weighted by molar-refractivity contribution is 5.88. The van der Waals surface area contributed by atoms with Gasteiger partial charge in [-0.2, -0.15) is 0 Å². The first kappa shape index (κ1) is 16.3. The summed E-state index contributed by atoms with van der Waals surface area (Å²) >= 11 is 0. The van der Waals surface area contributed by atoms with Crippen molar-refractivity contribution in [1.29, 1.82) is 0 Å². The van der Waals surface area contributed by atoms with Gasteiger partial charge >= 0.3 is 0 Å². The first-order valence-electron chi connectivity index (χ1n) is 8.56. The molecule has 0 aromatic heterocycles. The SMILES string of the molecule is COc1ccc(C2=Cc3ccc(C)cc3OC2c2ccc(O)cc2)cc1. The molecule has 1 N–H and O–H groups in total. The minimum atomic E-state index is -0.238. The summed E-state index contributed by atoms with van der Waals surface area (Å²) in [6, 6.07) is 21.4.